The van der Waals surface area contributed by atoms with Gasteiger partial charge in [0.25, 0.3) is 5.56 Å². The van der Waals surface area contributed by atoms with Crippen LogP contribution in [0.5, 0.6) is 0 Å². The molecule has 2 heterocycles. The Labute approximate surface area is 183 Å². The third-order valence-electron chi connectivity index (χ3n) is 5.01. The standard InChI is InChI=1S/C25H20N4OS/c30-24-21-23(27-22(28-24)20-14-8-3-9-15-20)29(16-18-10-4-1-5-11-18)25(26-21)31-17-19-12-6-2-7-13-19/h1-15H,16-17H2,(H,27,28,30). The molecule has 5 aromatic rings. The number of aromatic amines is 1. The Morgan fingerprint density at radius 3 is 2.06 bits per heavy atom. The normalized spacial score (nSPS) is 11.1. The molecule has 0 unspecified atom stereocenters. The Kier molecular flexibility index (Phi) is 5.37. The van der Waals surface area contributed by atoms with Gasteiger partial charge in [-0.3, -0.25) is 9.36 Å². The van der Waals surface area contributed by atoms with Crippen molar-refractivity contribution in [2.45, 2.75) is 17.5 Å². The molecule has 0 saturated carbocycles. The monoisotopic (exact) mass is 424 g/mol. The predicted molar refractivity (Wildman–Crippen MR) is 125 cm³/mol. The maximum absolute atomic E-state index is 12.9. The van der Waals surface area contributed by atoms with E-state index in [2.05, 4.69) is 34.2 Å². The van der Waals surface area contributed by atoms with Crippen LogP contribution < -0.4 is 5.56 Å². The van der Waals surface area contributed by atoms with Gasteiger partial charge in [0, 0.05) is 11.3 Å². The molecule has 3 aromatic carbocycles. The van der Waals surface area contributed by atoms with E-state index in [1.807, 2.05) is 71.3 Å². The number of benzene rings is 3. The topological polar surface area (TPSA) is 63.6 Å². The molecular formula is C25H20N4OS. The average molecular weight is 425 g/mol. The third-order valence-corrected chi connectivity index (χ3v) is 6.06. The number of hydrogen-bond acceptors (Lipinski definition) is 4. The lowest BCUT2D eigenvalue weighted by Gasteiger charge is -2.09. The van der Waals surface area contributed by atoms with E-state index in [4.69, 9.17) is 4.98 Å². The van der Waals surface area contributed by atoms with Crippen LogP contribution in [0.25, 0.3) is 22.6 Å². The number of nitrogens with zero attached hydrogens (tertiary/aromatic N) is 3. The Morgan fingerprint density at radius 1 is 0.774 bits per heavy atom. The van der Waals surface area contributed by atoms with Gasteiger partial charge < -0.3 is 4.98 Å². The molecule has 0 fully saturated rings. The number of nitrogens with one attached hydrogen (secondary N) is 1. The molecule has 0 aliphatic carbocycles. The van der Waals surface area contributed by atoms with Gasteiger partial charge in [0.1, 0.15) is 5.82 Å². The highest BCUT2D eigenvalue weighted by Gasteiger charge is 2.17. The first kappa shape index (κ1) is 19.3. The second kappa shape index (κ2) is 8.62. The van der Waals surface area contributed by atoms with Crippen LogP contribution in [0, 0.1) is 0 Å². The summed E-state index contributed by atoms with van der Waals surface area (Å²) in [6.45, 7) is 0.596. The summed E-state index contributed by atoms with van der Waals surface area (Å²) in [5.41, 5.74) is 3.95. The van der Waals surface area contributed by atoms with Crippen LogP contribution in [-0.2, 0) is 12.3 Å². The fraction of sp³-hybridized carbons (Fsp3) is 0.0800. The van der Waals surface area contributed by atoms with Crippen molar-refractivity contribution in [2.75, 3.05) is 0 Å². The lowest BCUT2D eigenvalue weighted by atomic mass is 10.2. The lowest BCUT2D eigenvalue weighted by molar-refractivity contribution is 0.724. The van der Waals surface area contributed by atoms with E-state index in [1.54, 1.807) is 11.8 Å². The fourth-order valence-electron chi connectivity index (χ4n) is 3.46. The molecule has 0 bridgehead atoms. The highest BCUT2D eigenvalue weighted by Crippen LogP contribution is 2.27. The summed E-state index contributed by atoms with van der Waals surface area (Å²) < 4.78 is 2.04. The number of rotatable bonds is 6. The summed E-state index contributed by atoms with van der Waals surface area (Å²) in [5, 5.41) is 0.783. The largest absolute Gasteiger partial charge is 0.305 e. The first-order chi connectivity index (χ1) is 15.3. The van der Waals surface area contributed by atoms with Gasteiger partial charge in [0.15, 0.2) is 16.3 Å². The van der Waals surface area contributed by atoms with Crippen LogP contribution >= 0.6 is 11.8 Å². The van der Waals surface area contributed by atoms with E-state index in [0.717, 1.165) is 22.0 Å². The summed E-state index contributed by atoms with van der Waals surface area (Å²) in [6, 6.07) is 30.1. The van der Waals surface area contributed by atoms with Gasteiger partial charge in [-0.25, -0.2) is 9.97 Å². The van der Waals surface area contributed by atoms with Gasteiger partial charge in [-0.15, -0.1) is 0 Å². The Morgan fingerprint density at radius 2 is 1.39 bits per heavy atom. The average Bonchev–Trinajstić information content (AvgIpc) is 3.17. The Bertz CT molecular complexity index is 1360. The molecular weight excluding hydrogens is 404 g/mol. The Hall–Kier alpha value is -3.64. The molecule has 5 nitrogen and oxygen atoms in total. The van der Waals surface area contributed by atoms with Crippen molar-refractivity contribution < 1.29 is 0 Å². The number of thioether (sulfide) groups is 1. The van der Waals surface area contributed by atoms with Gasteiger partial charge >= 0.3 is 0 Å². The van der Waals surface area contributed by atoms with Crippen molar-refractivity contribution in [2.24, 2.45) is 0 Å². The van der Waals surface area contributed by atoms with Crippen molar-refractivity contribution in [1.82, 2.24) is 19.5 Å². The summed E-state index contributed by atoms with van der Waals surface area (Å²) >= 11 is 1.61. The van der Waals surface area contributed by atoms with Crippen molar-refractivity contribution in [1.29, 1.82) is 0 Å². The summed E-state index contributed by atoms with van der Waals surface area (Å²) in [5.74, 6) is 1.31. The van der Waals surface area contributed by atoms with Gasteiger partial charge in [0.05, 0.1) is 6.54 Å². The molecule has 0 radical (unpaired) electrons. The van der Waals surface area contributed by atoms with Crippen LogP contribution in [0.15, 0.2) is 101 Å². The van der Waals surface area contributed by atoms with E-state index in [1.165, 1.54) is 5.56 Å². The van der Waals surface area contributed by atoms with E-state index < -0.39 is 0 Å². The molecule has 0 aliphatic heterocycles. The van der Waals surface area contributed by atoms with E-state index in [-0.39, 0.29) is 5.56 Å². The minimum absolute atomic E-state index is 0.225. The third kappa shape index (κ3) is 4.15. The first-order valence-corrected chi connectivity index (χ1v) is 11.0. The summed E-state index contributed by atoms with van der Waals surface area (Å²) in [4.78, 5) is 25.3. The second-order valence-corrected chi connectivity index (χ2v) is 8.14. The number of imidazole rings is 1. The zero-order valence-corrected chi connectivity index (χ0v) is 17.5. The number of hydrogen-bond donors (Lipinski definition) is 1. The quantitative estimate of drug-likeness (QED) is 0.384. The van der Waals surface area contributed by atoms with Crippen LogP contribution in [0.2, 0.25) is 0 Å². The van der Waals surface area contributed by atoms with Crippen molar-refractivity contribution >= 4 is 22.9 Å². The molecule has 0 atom stereocenters. The molecule has 0 aliphatic rings. The van der Waals surface area contributed by atoms with Crippen molar-refractivity contribution in [3.05, 3.63) is 112 Å². The van der Waals surface area contributed by atoms with Gasteiger partial charge in [-0.1, -0.05) is 103 Å². The van der Waals surface area contributed by atoms with E-state index >= 15 is 0 Å². The predicted octanol–water partition coefficient (Wildman–Crippen LogP) is 5.13. The Balaban J connectivity index is 1.61. The molecule has 5 rings (SSSR count). The SMILES string of the molecule is O=c1[nH]c(-c2ccccc2)nc2c1nc(SCc1ccccc1)n2Cc1ccccc1. The van der Waals surface area contributed by atoms with Crippen LogP contribution in [0.3, 0.4) is 0 Å². The fourth-order valence-corrected chi connectivity index (χ4v) is 4.42. The summed E-state index contributed by atoms with van der Waals surface area (Å²) in [7, 11) is 0. The first-order valence-electron chi connectivity index (χ1n) is 10.0. The molecule has 2 aromatic heterocycles. The highest BCUT2D eigenvalue weighted by atomic mass is 32.2. The van der Waals surface area contributed by atoms with Gasteiger partial charge in [-0.2, -0.15) is 0 Å². The van der Waals surface area contributed by atoms with Crippen LogP contribution in [0.4, 0.5) is 0 Å². The minimum atomic E-state index is -0.225. The smallest absolute Gasteiger partial charge is 0.279 e. The van der Waals surface area contributed by atoms with E-state index in [9.17, 15) is 4.79 Å². The number of H-pyrrole nitrogens is 1. The molecule has 152 valence electrons. The molecule has 0 saturated heterocycles. The van der Waals surface area contributed by atoms with Gasteiger partial charge in [-0.05, 0) is 11.1 Å². The minimum Gasteiger partial charge on any atom is -0.305 e. The second-order valence-electron chi connectivity index (χ2n) is 7.19. The zero-order chi connectivity index (χ0) is 21.0. The number of aromatic nitrogens is 4. The highest BCUT2D eigenvalue weighted by molar-refractivity contribution is 7.98. The van der Waals surface area contributed by atoms with Gasteiger partial charge in [0.2, 0.25) is 0 Å². The molecule has 0 spiro atoms. The maximum atomic E-state index is 12.9. The molecule has 0 amide bonds. The zero-order valence-electron chi connectivity index (χ0n) is 16.7. The molecule has 31 heavy (non-hydrogen) atoms. The lowest BCUT2D eigenvalue weighted by Crippen LogP contribution is -2.11. The van der Waals surface area contributed by atoms with Crippen molar-refractivity contribution in [3.63, 3.8) is 0 Å². The van der Waals surface area contributed by atoms with E-state index in [0.29, 0.717) is 23.5 Å². The molecule has 6 heteroatoms. The van der Waals surface area contributed by atoms with Crippen LogP contribution in [-0.4, -0.2) is 19.5 Å². The maximum Gasteiger partial charge on any atom is 0.279 e. The number of fused-ring (bicyclic) bond motifs is 1. The molecule has 1 N–H and O–H groups in total. The van der Waals surface area contributed by atoms with Crippen LogP contribution in [0.1, 0.15) is 11.1 Å². The summed E-state index contributed by atoms with van der Waals surface area (Å²) in [6.07, 6.45) is 0. The van der Waals surface area contributed by atoms with Crippen molar-refractivity contribution in [3.8, 4) is 11.4 Å².